The van der Waals surface area contributed by atoms with Crippen LogP contribution in [0.1, 0.15) is 24.2 Å². The average Bonchev–Trinajstić information content (AvgIpc) is 2.00. The molecule has 0 fully saturated rings. The lowest BCUT2D eigenvalue weighted by Gasteiger charge is -2.08. The number of carbonyl (C=O) groups excluding carboxylic acids is 1. The van der Waals surface area contributed by atoms with Gasteiger partial charge in [0.2, 0.25) is 0 Å². The summed E-state index contributed by atoms with van der Waals surface area (Å²) in [5.41, 5.74) is 0.246. The lowest BCUT2D eigenvalue weighted by atomic mass is 10.2. The Hall–Kier alpha value is -1.71. The second-order valence-electron chi connectivity index (χ2n) is 3.37. The number of benzene rings is 1. The third-order valence-electron chi connectivity index (χ3n) is 1.58. The van der Waals surface area contributed by atoms with Gasteiger partial charge in [-0.05, 0) is 26.0 Å². The number of phenols is 2. The monoisotopic (exact) mass is 195 g/mol. The maximum absolute atomic E-state index is 11.4. The Labute approximate surface area is 82.2 Å². The largest absolute Gasteiger partial charge is 0.508 e. The zero-order chi connectivity index (χ0) is 10.7. The topological polar surface area (TPSA) is 69.6 Å². The van der Waals surface area contributed by atoms with E-state index in [1.54, 1.807) is 0 Å². The van der Waals surface area contributed by atoms with E-state index in [9.17, 15) is 4.79 Å². The fourth-order valence-electron chi connectivity index (χ4n) is 1.07. The van der Waals surface area contributed by atoms with Crippen molar-refractivity contribution in [2.24, 2.45) is 0 Å². The van der Waals surface area contributed by atoms with Gasteiger partial charge in [0.15, 0.2) is 0 Å². The second kappa shape index (κ2) is 4.00. The zero-order valence-corrected chi connectivity index (χ0v) is 8.11. The highest BCUT2D eigenvalue weighted by Crippen LogP contribution is 2.20. The van der Waals surface area contributed by atoms with Crippen molar-refractivity contribution in [3.63, 3.8) is 0 Å². The van der Waals surface area contributed by atoms with E-state index in [0.717, 1.165) is 0 Å². The van der Waals surface area contributed by atoms with Gasteiger partial charge in [-0.1, -0.05) is 0 Å². The van der Waals surface area contributed by atoms with Crippen LogP contribution in [0.2, 0.25) is 0 Å². The van der Waals surface area contributed by atoms with Crippen molar-refractivity contribution in [2.75, 3.05) is 0 Å². The number of aromatic hydroxyl groups is 2. The Morgan fingerprint density at radius 1 is 1.21 bits per heavy atom. The van der Waals surface area contributed by atoms with E-state index in [1.807, 2.05) is 13.8 Å². The maximum Gasteiger partial charge on any atom is 0.251 e. The summed E-state index contributed by atoms with van der Waals surface area (Å²) in [6, 6.07) is 3.80. The minimum absolute atomic E-state index is 0.0204. The van der Waals surface area contributed by atoms with Crippen LogP contribution in [0, 0.1) is 0 Å². The summed E-state index contributed by atoms with van der Waals surface area (Å²) in [5, 5.41) is 20.9. The summed E-state index contributed by atoms with van der Waals surface area (Å²) in [5.74, 6) is -0.566. The molecule has 1 aromatic rings. The number of amides is 1. The van der Waals surface area contributed by atoms with Crippen LogP contribution in [-0.4, -0.2) is 22.2 Å². The molecule has 0 aliphatic rings. The van der Waals surface area contributed by atoms with Gasteiger partial charge in [-0.3, -0.25) is 4.79 Å². The fraction of sp³-hybridized carbons (Fsp3) is 0.300. The molecule has 0 aliphatic heterocycles. The number of hydrogen-bond acceptors (Lipinski definition) is 3. The molecular formula is C10H13NO3. The van der Waals surface area contributed by atoms with Crippen molar-refractivity contribution >= 4 is 5.91 Å². The Bertz CT molecular complexity index is 327. The first-order valence-corrected chi connectivity index (χ1v) is 4.33. The van der Waals surface area contributed by atoms with Gasteiger partial charge in [-0.15, -0.1) is 0 Å². The van der Waals surface area contributed by atoms with Crippen LogP contribution in [-0.2, 0) is 0 Å². The lowest BCUT2D eigenvalue weighted by Crippen LogP contribution is -2.29. The van der Waals surface area contributed by atoms with Crippen LogP contribution in [0.15, 0.2) is 18.2 Å². The molecule has 0 radical (unpaired) electrons. The molecule has 1 amide bonds. The molecular weight excluding hydrogens is 182 g/mol. The van der Waals surface area contributed by atoms with Gasteiger partial charge in [0, 0.05) is 17.7 Å². The number of hydrogen-bond donors (Lipinski definition) is 3. The Kier molecular flexibility index (Phi) is 2.96. The van der Waals surface area contributed by atoms with Gasteiger partial charge in [-0.25, -0.2) is 0 Å². The van der Waals surface area contributed by atoms with Crippen molar-refractivity contribution < 1.29 is 15.0 Å². The van der Waals surface area contributed by atoms with E-state index in [1.165, 1.54) is 18.2 Å². The summed E-state index contributed by atoms with van der Waals surface area (Å²) >= 11 is 0. The van der Waals surface area contributed by atoms with Crippen molar-refractivity contribution in [1.29, 1.82) is 0 Å². The van der Waals surface area contributed by atoms with Crippen LogP contribution in [0.25, 0.3) is 0 Å². The minimum Gasteiger partial charge on any atom is -0.508 e. The molecule has 0 aliphatic carbocycles. The molecule has 76 valence electrons. The van der Waals surface area contributed by atoms with Gasteiger partial charge in [0.1, 0.15) is 11.5 Å². The van der Waals surface area contributed by atoms with Crippen molar-refractivity contribution in [2.45, 2.75) is 19.9 Å². The van der Waals surface area contributed by atoms with Crippen LogP contribution in [0.5, 0.6) is 11.5 Å². The molecule has 4 heteroatoms. The molecule has 0 bridgehead atoms. The van der Waals surface area contributed by atoms with E-state index in [0.29, 0.717) is 0 Å². The minimum atomic E-state index is -0.314. The van der Waals surface area contributed by atoms with Crippen LogP contribution in [0.3, 0.4) is 0 Å². The van der Waals surface area contributed by atoms with E-state index in [-0.39, 0.29) is 29.0 Å². The van der Waals surface area contributed by atoms with Crippen molar-refractivity contribution in [3.8, 4) is 11.5 Å². The summed E-state index contributed by atoms with van der Waals surface area (Å²) in [6.45, 7) is 3.67. The molecule has 0 spiro atoms. The van der Waals surface area contributed by atoms with Gasteiger partial charge in [0.25, 0.3) is 5.91 Å². The number of rotatable bonds is 2. The standard InChI is InChI=1S/C10H13NO3/c1-6(2)11-10(14)7-3-8(12)5-9(13)4-7/h3-6,12-13H,1-2H3,(H,11,14). The second-order valence-corrected chi connectivity index (χ2v) is 3.37. The third-order valence-corrected chi connectivity index (χ3v) is 1.58. The SMILES string of the molecule is CC(C)NC(=O)c1cc(O)cc(O)c1. The highest BCUT2D eigenvalue weighted by molar-refractivity contribution is 5.95. The van der Waals surface area contributed by atoms with Crippen molar-refractivity contribution in [1.82, 2.24) is 5.32 Å². The molecule has 0 aromatic heterocycles. The van der Waals surface area contributed by atoms with E-state index in [2.05, 4.69) is 5.32 Å². The summed E-state index contributed by atoms with van der Waals surface area (Å²) in [7, 11) is 0. The molecule has 1 aromatic carbocycles. The third kappa shape index (κ3) is 2.65. The highest BCUT2D eigenvalue weighted by Gasteiger charge is 2.08. The molecule has 0 unspecified atom stereocenters. The predicted octanol–water partition coefficient (Wildman–Crippen LogP) is 1.24. The maximum atomic E-state index is 11.4. The molecule has 4 nitrogen and oxygen atoms in total. The lowest BCUT2D eigenvalue weighted by molar-refractivity contribution is 0.0942. The molecule has 0 atom stereocenters. The van der Waals surface area contributed by atoms with Crippen molar-refractivity contribution in [3.05, 3.63) is 23.8 Å². The van der Waals surface area contributed by atoms with E-state index in [4.69, 9.17) is 10.2 Å². The summed E-state index contributed by atoms with van der Waals surface area (Å²) < 4.78 is 0. The zero-order valence-electron chi connectivity index (χ0n) is 8.11. The van der Waals surface area contributed by atoms with Gasteiger partial charge in [-0.2, -0.15) is 0 Å². The summed E-state index contributed by atoms with van der Waals surface area (Å²) in [4.78, 5) is 11.4. The normalized spacial score (nSPS) is 10.2. The van der Waals surface area contributed by atoms with E-state index < -0.39 is 0 Å². The van der Waals surface area contributed by atoms with Crippen LogP contribution >= 0.6 is 0 Å². The Morgan fingerprint density at radius 3 is 2.14 bits per heavy atom. The number of nitrogens with one attached hydrogen (secondary N) is 1. The Balaban J connectivity index is 2.90. The first-order valence-electron chi connectivity index (χ1n) is 4.33. The van der Waals surface area contributed by atoms with Crippen LogP contribution in [0.4, 0.5) is 0 Å². The molecule has 0 heterocycles. The molecule has 1 rings (SSSR count). The number of carbonyl (C=O) groups is 1. The first kappa shape index (κ1) is 10.4. The van der Waals surface area contributed by atoms with Gasteiger partial charge in [0.05, 0.1) is 0 Å². The van der Waals surface area contributed by atoms with Gasteiger partial charge >= 0.3 is 0 Å². The van der Waals surface area contributed by atoms with E-state index >= 15 is 0 Å². The molecule has 3 N–H and O–H groups in total. The first-order chi connectivity index (χ1) is 6.49. The highest BCUT2D eigenvalue weighted by atomic mass is 16.3. The van der Waals surface area contributed by atoms with Gasteiger partial charge < -0.3 is 15.5 Å². The average molecular weight is 195 g/mol. The Morgan fingerprint density at radius 2 is 1.71 bits per heavy atom. The molecule has 0 saturated heterocycles. The summed E-state index contributed by atoms with van der Waals surface area (Å²) in [6.07, 6.45) is 0. The smallest absolute Gasteiger partial charge is 0.251 e. The predicted molar refractivity (Wildman–Crippen MR) is 52.4 cm³/mol. The molecule has 0 saturated carbocycles. The number of phenolic OH excluding ortho intramolecular Hbond substituents is 2. The van der Waals surface area contributed by atoms with Crippen LogP contribution < -0.4 is 5.32 Å². The fourth-order valence-corrected chi connectivity index (χ4v) is 1.07. The quantitative estimate of drug-likeness (QED) is 0.664. The molecule has 14 heavy (non-hydrogen) atoms.